The first-order valence-electron chi connectivity index (χ1n) is 6.43. The number of anilines is 1. The van der Waals surface area contributed by atoms with Crippen molar-refractivity contribution in [3.8, 4) is 0 Å². The SMILES string of the molecule is CCCNCc1cccc(NC(=O)COCC)c1. The molecule has 0 spiro atoms. The van der Waals surface area contributed by atoms with Crippen LogP contribution in [0.1, 0.15) is 25.8 Å². The summed E-state index contributed by atoms with van der Waals surface area (Å²) < 4.78 is 5.05. The molecule has 0 aromatic heterocycles. The molecule has 4 nitrogen and oxygen atoms in total. The van der Waals surface area contributed by atoms with E-state index in [0.717, 1.165) is 30.8 Å². The molecule has 0 radical (unpaired) electrons. The standard InChI is InChI=1S/C14H22N2O2/c1-3-8-15-10-12-6-5-7-13(9-12)16-14(17)11-18-4-2/h5-7,9,15H,3-4,8,10-11H2,1-2H3,(H,16,17). The molecule has 1 rings (SSSR count). The fourth-order valence-electron chi connectivity index (χ4n) is 1.56. The van der Waals surface area contributed by atoms with Gasteiger partial charge >= 0.3 is 0 Å². The van der Waals surface area contributed by atoms with Crippen LogP contribution in [0.25, 0.3) is 0 Å². The maximum absolute atomic E-state index is 11.5. The Labute approximate surface area is 109 Å². The molecule has 0 unspecified atom stereocenters. The topological polar surface area (TPSA) is 50.4 Å². The minimum Gasteiger partial charge on any atom is -0.372 e. The lowest BCUT2D eigenvalue weighted by Gasteiger charge is -2.08. The smallest absolute Gasteiger partial charge is 0.250 e. The molecule has 0 aliphatic carbocycles. The Morgan fingerprint density at radius 3 is 2.89 bits per heavy atom. The first-order chi connectivity index (χ1) is 8.76. The molecular weight excluding hydrogens is 228 g/mol. The molecule has 1 aromatic rings. The number of hydrogen-bond acceptors (Lipinski definition) is 3. The molecule has 0 atom stereocenters. The summed E-state index contributed by atoms with van der Waals surface area (Å²) >= 11 is 0. The summed E-state index contributed by atoms with van der Waals surface area (Å²) in [5.41, 5.74) is 1.98. The Hall–Kier alpha value is -1.39. The zero-order valence-electron chi connectivity index (χ0n) is 11.2. The van der Waals surface area contributed by atoms with E-state index in [1.807, 2.05) is 31.2 Å². The second-order valence-corrected chi connectivity index (χ2v) is 4.06. The number of ether oxygens (including phenoxy) is 1. The second-order valence-electron chi connectivity index (χ2n) is 4.06. The average molecular weight is 250 g/mol. The number of rotatable bonds is 8. The quantitative estimate of drug-likeness (QED) is 0.695. The van der Waals surface area contributed by atoms with Crippen molar-refractivity contribution >= 4 is 11.6 Å². The highest BCUT2D eigenvalue weighted by Gasteiger charge is 2.02. The Morgan fingerprint density at radius 1 is 1.33 bits per heavy atom. The number of hydrogen-bond donors (Lipinski definition) is 2. The molecule has 18 heavy (non-hydrogen) atoms. The van der Waals surface area contributed by atoms with Gasteiger partial charge in [0.1, 0.15) is 6.61 Å². The molecule has 0 saturated carbocycles. The third-order valence-corrected chi connectivity index (χ3v) is 2.40. The molecule has 0 fully saturated rings. The van der Waals surface area contributed by atoms with Crippen molar-refractivity contribution < 1.29 is 9.53 Å². The number of carbonyl (C=O) groups excluding carboxylic acids is 1. The molecule has 0 bridgehead atoms. The summed E-state index contributed by atoms with van der Waals surface area (Å²) in [4.78, 5) is 11.5. The molecule has 0 saturated heterocycles. The van der Waals surface area contributed by atoms with Crippen LogP contribution >= 0.6 is 0 Å². The van der Waals surface area contributed by atoms with Crippen LogP contribution in [-0.4, -0.2) is 25.7 Å². The van der Waals surface area contributed by atoms with E-state index in [1.165, 1.54) is 0 Å². The molecule has 1 amide bonds. The molecule has 4 heteroatoms. The summed E-state index contributed by atoms with van der Waals surface area (Å²) in [6, 6.07) is 7.85. The van der Waals surface area contributed by atoms with E-state index < -0.39 is 0 Å². The van der Waals surface area contributed by atoms with Crippen molar-refractivity contribution in [1.82, 2.24) is 5.32 Å². The van der Waals surface area contributed by atoms with Crippen LogP contribution in [0.5, 0.6) is 0 Å². The van der Waals surface area contributed by atoms with Gasteiger partial charge in [-0.25, -0.2) is 0 Å². The van der Waals surface area contributed by atoms with Crippen LogP contribution in [-0.2, 0) is 16.1 Å². The van der Waals surface area contributed by atoms with Crippen LogP contribution in [0.3, 0.4) is 0 Å². The molecule has 0 heterocycles. The van der Waals surface area contributed by atoms with Crippen molar-refractivity contribution in [3.63, 3.8) is 0 Å². The van der Waals surface area contributed by atoms with Gasteiger partial charge in [-0.05, 0) is 37.6 Å². The number of carbonyl (C=O) groups is 1. The van der Waals surface area contributed by atoms with E-state index in [9.17, 15) is 4.79 Å². The fourth-order valence-corrected chi connectivity index (χ4v) is 1.56. The Kier molecular flexibility index (Phi) is 7.06. The van der Waals surface area contributed by atoms with Gasteiger partial charge in [0.15, 0.2) is 0 Å². The van der Waals surface area contributed by atoms with Crippen molar-refractivity contribution in [2.75, 3.05) is 25.1 Å². The van der Waals surface area contributed by atoms with Gasteiger partial charge in [-0.1, -0.05) is 19.1 Å². The summed E-state index contributed by atoms with van der Waals surface area (Å²) in [5, 5.41) is 6.14. The third-order valence-electron chi connectivity index (χ3n) is 2.40. The van der Waals surface area contributed by atoms with E-state index in [0.29, 0.717) is 6.61 Å². The van der Waals surface area contributed by atoms with Gasteiger partial charge in [-0.2, -0.15) is 0 Å². The summed E-state index contributed by atoms with van der Waals surface area (Å²) in [5.74, 6) is -0.115. The predicted molar refractivity (Wildman–Crippen MR) is 73.6 cm³/mol. The number of nitrogens with one attached hydrogen (secondary N) is 2. The Balaban J connectivity index is 2.45. The molecule has 1 aromatic carbocycles. The first kappa shape index (κ1) is 14.7. The van der Waals surface area contributed by atoms with Gasteiger partial charge < -0.3 is 15.4 Å². The van der Waals surface area contributed by atoms with Gasteiger partial charge in [-0.3, -0.25) is 4.79 Å². The lowest BCUT2D eigenvalue weighted by atomic mass is 10.2. The highest BCUT2D eigenvalue weighted by atomic mass is 16.5. The lowest BCUT2D eigenvalue weighted by Crippen LogP contribution is -2.18. The zero-order chi connectivity index (χ0) is 13.2. The summed E-state index contributed by atoms with van der Waals surface area (Å²) in [6.07, 6.45) is 1.12. The van der Waals surface area contributed by atoms with Gasteiger partial charge in [0.2, 0.25) is 5.91 Å². The van der Waals surface area contributed by atoms with E-state index in [-0.39, 0.29) is 12.5 Å². The molecule has 0 aliphatic rings. The van der Waals surface area contributed by atoms with E-state index in [2.05, 4.69) is 17.6 Å². The van der Waals surface area contributed by atoms with Crippen LogP contribution in [0.2, 0.25) is 0 Å². The van der Waals surface area contributed by atoms with Crippen molar-refractivity contribution in [3.05, 3.63) is 29.8 Å². The minimum atomic E-state index is -0.115. The normalized spacial score (nSPS) is 10.3. The minimum absolute atomic E-state index is 0.106. The summed E-state index contributed by atoms with van der Waals surface area (Å²) in [6.45, 7) is 6.48. The monoisotopic (exact) mass is 250 g/mol. The van der Waals surface area contributed by atoms with Gasteiger partial charge in [0.05, 0.1) is 0 Å². The predicted octanol–water partition coefficient (Wildman–Crippen LogP) is 2.16. The number of amides is 1. The highest BCUT2D eigenvalue weighted by Crippen LogP contribution is 2.10. The highest BCUT2D eigenvalue weighted by molar-refractivity contribution is 5.91. The molecule has 2 N–H and O–H groups in total. The Morgan fingerprint density at radius 2 is 2.17 bits per heavy atom. The molecule has 100 valence electrons. The maximum atomic E-state index is 11.5. The lowest BCUT2D eigenvalue weighted by molar-refractivity contribution is -0.120. The van der Waals surface area contributed by atoms with Crippen molar-refractivity contribution in [2.45, 2.75) is 26.8 Å². The molecule has 0 aliphatic heterocycles. The van der Waals surface area contributed by atoms with Gasteiger partial charge in [-0.15, -0.1) is 0 Å². The van der Waals surface area contributed by atoms with Crippen LogP contribution < -0.4 is 10.6 Å². The first-order valence-corrected chi connectivity index (χ1v) is 6.43. The summed E-state index contributed by atoms with van der Waals surface area (Å²) in [7, 11) is 0. The maximum Gasteiger partial charge on any atom is 0.250 e. The van der Waals surface area contributed by atoms with Gasteiger partial charge in [0, 0.05) is 18.8 Å². The van der Waals surface area contributed by atoms with E-state index in [4.69, 9.17) is 4.74 Å². The zero-order valence-corrected chi connectivity index (χ0v) is 11.2. The molecular formula is C14H22N2O2. The van der Waals surface area contributed by atoms with Gasteiger partial charge in [0.25, 0.3) is 0 Å². The van der Waals surface area contributed by atoms with Crippen molar-refractivity contribution in [1.29, 1.82) is 0 Å². The van der Waals surface area contributed by atoms with Crippen LogP contribution in [0.15, 0.2) is 24.3 Å². The van der Waals surface area contributed by atoms with E-state index in [1.54, 1.807) is 0 Å². The van der Waals surface area contributed by atoms with E-state index >= 15 is 0 Å². The number of benzene rings is 1. The Bertz CT molecular complexity index is 367. The van der Waals surface area contributed by atoms with Crippen LogP contribution in [0.4, 0.5) is 5.69 Å². The van der Waals surface area contributed by atoms with Crippen molar-refractivity contribution in [2.24, 2.45) is 0 Å². The largest absolute Gasteiger partial charge is 0.372 e. The third kappa shape index (κ3) is 5.80. The second kappa shape index (κ2) is 8.66. The van der Waals surface area contributed by atoms with Crippen LogP contribution in [0, 0.1) is 0 Å². The fraction of sp³-hybridized carbons (Fsp3) is 0.500. The average Bonchev–Trinajstić information content (AvgIpc) is 2.37.